The van der Waals surface area contributed by atoms with Crippen LogP contribution in [0.15, 0.2) is 24.4 Å². The van der Waals surface area contributed by atoms with Gasteiger partial charge in [-0.2, -0.15) is 5.10 Å². The van der Waals surface area contributed by atoms with E-state index < -0.39 is 0 Å². The molecule has 2 rings (SSSR count). The standard InChI is InChI=1S/C14H17N3O2/c1-9-5-6-12(19-4)11(7-9)15-14(18)13-10(2)8-17(3)16-13/h5-8H,1-4H3,(H,15,18). The number of benzene rings is 1. The summed E-state index contributed by atoms with van der Waals surface area (Å²) in [5, 5.41) is 6.98. The fourth-order valence-electron chi connectivity index (χ4n) is 1.93. The minimum atomic E-state index is -0.234. The number of methoxy groups -OCH3 is 1. The highest BCUT2D eigenvalue weighted by molar-refractivity contribution is 6.04. The van der Waals surface area contributed by atoms with Gasteiger partial charge in [-0.25, -0.2) is 0 Å². The van der Waals surface area contributed by atoms with E-state index in [9.17, 15) is 4.79 Å². The number of aryl methyl sites for hydroxylation is 3. The topological polar surface area (TPSA) is 56.1 Å². The summed E-state index contributed by atoms with van der Waals surface area (Å²) >= 11 is 0. The van der Waals surface area contributed by atoms with Gasteiger partial charge < -0.3 is 10.1 Å². The Balaban J connectivity index is 2.28. The molecular formula is C14H17N3O2. The van der Waals surface area contributed by atoms with Gasteiger partial charge in [0.2, 0.25) is 0 Å². The first-order chi connectivity index (χ1) is 9.01. The fourth-order valence-corrected chi connectivity index (χ4v) is 1.93. The van der Waals surface area contributed by atoms with Gasteiger partial charge in [-0.15, -0.1) is 0 Å². The predicted molar refractivity (Wildman–Crippen MR) is 73.6 cm³/mol. The van der Waals surface area contributed by atoms with Crippen molar-refractivity contribution in [1.82, 2.24) is 9.78 Å². The molecule has 0 saturated carbocycles. The Labute approximate surface area is 112 Å². The molecule has 0 saturated heterocycles. The van der Waals surface area contributed by atoms with Gasteiger partial charge >= 0.3 is 0 Å². The Hall–Kier alpha value is -2.30. The van der Waals surface area contributed by atoms with Gasteiger partial charge in [0.25, 0.3) is 5.91 Å². The van der Waals surface area contributed by atoms with E-state index in [-0.39, 0.29) is 5.91 Å². The molecule has 100 valence electrons. The molecule has 5 heteroatoms. The third kappa shape index (κ3) is 2.76. The monoisotopic (exact) mass is 259 g/mol. The van der Waals surface area contributed by atoms with Gasteiger partial charge in [0.15, 0.2) is 5.69 Å². The normalized spacial score (nSPS) is 10.3. The Kier molecular flexibility index (Phi) is 3.55. The lowest BCUT2D eigenvalue weighted by molar-refractivity contribution is 0.102. The molecule has 5 nitrogen and oxygen atoms in total. The molecule has 1 amide bonds. The van der Waals surface area contributed by atoms with E-state index in [0.29, 0.717) is 17.1 Å². The van der Waals surface area contributed by atoms with Crippen molar-refractivity contribution in [1.29, 1.82) is 0 Å². The van der Waals surface area contributed by atoms with Gasteiger partial charge in [-0.3, -0.25) is 9.48 Å². The zero-order valence-corrected chi connectivity index (χ0v) is 11.5. The fraction of sp³-hybridized carbons (Fsp3) is 0.286. The minimum Gasteiger partial charge on any atom is -0.495 e. The van der Waals surface area contributed by atoms with Gasteiger partial charge in [0.1, 0.15) is 5.75 Å². The third-order valence-corrected chi connectivity index (χ3v) is 2.83. The Bertz CT molecular complexity index is 617. The first-order valence-electron chi connectivity index (χ1n) is 5.97. The number of rotatable bonds is 3. The number of nitrogens with zero attached hydrogens (tertiary/aromatic N) is 2. The highest BCUT2D eigenvalue weighted by Crippen LogP contribution is 2.25. The highest BCUT2D eigenvalue weighted by Gasteiger charge is 2.15. The van der Waals surface area contributed by atoms with Crippen molar-refractivity contribution < 1.29 is 9.53 Å². The van der Waals surface area contributed by atoms with Crippen LogP contribution in [0.2, 0.25) is 0 Å². The molecule has 0 aliphatic heterocycles. The van der Waals surface area contributed by atoms with Crippen LogP contribution in [0, 0.1) is 13.8 Å². The molecule has 0 bridgehead atoms. The molecule has 1 aromatic heterocycles. The van der Waals surface area contributed by atoms with Crippen molar-refractivity contribution in [3.8, 4) is 5.75 Å². The summed E-state index contributed by atoms with van der Waals surface area (Å²) < 4.78 is 6.85. The summed E-state index contributed by atoms with van der Waals surface area (Å²) in [6.45, 7) is 3.82. The van der Waals surface area contributed by atoms with Crippen LogP contribution < -0.4 is 10.1 Å². The summed E-state index contributed by atoms with van der Waals surface area (Å²) in [6, 6.07) is 5.63. The number of aromatic nitrogens is 2. The van der Waals surface area contributed by atoms with E-state index in [1.807, 2.05) is 38.2 Å². The number of carbonyl (C=O) groups excluding carboxylic acids is 1. The van der Waals surface area contributed by atoms with Crippen LogP contribution in [-0.4, -0.2) is 22.8 Å². The van der Waals surface area contributed by atoms with Crippen molar-refractivity contribution in [3.63, 3.8) is 0 Å². The maximum absolute atomic E-state index is 12.2. The average Bonchev–Trinajstić information content (AvgIpc) is 2.69. The maximum atomic E-state index is 12.2. The van der Waals surface area contributed by atoms with Gasteiger partial charge in [-0.1, -0.05) is 6.07 Å². The van der Waals surface area contributed by atoms with Crippen molar-refractivity contribution in [2.24, 2.45) is 7.05 Å². The van der Waals surface area contributed by atoms with Crippen LogP contribution in [0.5, 0.6) is 5.75 Å². The molecule has 2 aromatic rings. The van der Waals surface area contributed by atoms with Crippen LogP contribution >= 0.6 is 0 Å². The molecule has 1 aromatic carbocycles. The molecule has 0 fully saturated rings. The van der Waals surface area contributed by atoms with Crippen molar-refractivity contribution in [2.45, 2.75) is 13.8 Å². The van der Waals surface area contributed by atoms with Gasteiger partial charge in [-0.05, 0) is 31.5 Å². The SMILES string of the molecule is COc1ccc(C)cc1NC(=O)c1nn(C)cc1C. The largest absolute Gasteiger partial charge is 0.495 e. The quantitative estimate of drug-likeness (QED) is 0.920. The minimum absolute atomic E-state index is 0.234. The van der Waals surface area contributed by atoms with Crippen molar-refractivity contribution in [2.75, 3.05) is 12.4 Å². The second-order valence-corrected chi connectivity index (χ2v) is 4.49. The Morgan fingerprint density at radius 3 is 2.68 bits per heavy atom. The summed E-state index contributed by atoms with van der Waals surface area (Å²) in [7, 11) is 3.36. The molecule has 0 aliphatic carbocycles. The second-order valence-electron chi connectivity index (χ2n) is 4.49. The lowest BCUT2D eigenvalue weighted by atomic mass is 10.2. The van der Waals surface area contributed by atoms with E-state index >= 15 is 0 Å². The van der Waals surface area contributed by atoms with Crippen LogP contribution in [0.4, 0.5) is 5.69 Å². The molecule has 1 heterocycles. The number of anilines is 1. The summed E-state index contributed by atoms with van der Waals surface area (Å²) in [4.78, 5) is 12.2. The van der Waals surface area contributed by atoms with Crippen LogP contribution in [0.1, 0.15) is 21.6 Å². The van der Waals surface area contributed by atoms with E-state index in [0.717, 1.165) is 11.1 Å². The number of hydrogen-bond donors (Lipinski definition) is 1. The zero-order chi connectivity index (χ0) is 14.0. The maximum Gasteiger partial charge on any atom is 0.276 e. The molecular weight excluding hydrogens is 242 g/mol. The molecule has 0 spiro atoms. The summed E-state index contributed by atoms with van der Waals surface area (Å²) in [5.74, 6) is 0.398. The second kappa shape index (κ2) is 5.14. The van der Waals surface area contributed by atoms with Crippen LogP contribution in [0.25, 0.3) is 0 Å². The molecule has 0 aliphatic rings. The molecule has 0 atom stereocenters. The lowest BCUT2D eigenvalue weighted by Gasteiger charge is -2.10. The highest BCUT2D eigenvalue weighted by atomic mass is 16.5. The summed E-state index contributed by atoms with van der Waals surface area (Å²) in [5.41, 5.74) is 2.96. The number of ether oxygens (including phenoxy) is 1. The Morgan fingerprint density at radius 1 is 1.37 bits per heavy atom. The predicted octanol–water partition coefficient (Wildman–Crippen LogP) is 2.30. The van der Waals surface area contributed by atoms with Crippen molar-refractivity contribution >= 4 is 11.6 Å². The number of hydrogen-bond acceptors (Lipinski definition) is 3. The lowest BCUT2D eigenvalue weighted by Crippen LogP contribution is -2.15. The van der Waals surface area contributed by atoms with Gasteiger partial charge in [0, 0.05) is 18.8 Å². The number of amides is 1. The van der Waals surface area contributed by atoms with E-state index in [4.69, 9.17) is 4.74 Å². The Morgan fingerprint density at radius 2 is 2.11 bits per heavy atom. The first-order valence-corrected chi connectivity index (χ1v) is 5.97. The number of nitrogens with one attached hydrogen (secondary N) is 1. The smallest absolute Gasteiger partial charge is 0.276 e. The van der Waals surface area contributed by atoms with Crippen molar-refractivity contribution in [3.05, 3.63) is 41.2 Å². The van der Waals surface area contributed by atoms with E-state index in [2.05, 4.69) is 10.4 Å². The zero-order valence-electron chi connectivity index (χ0n) is 11.5. The molecule has 0 radical (unpaired) electrons. The molecule has 0 unspecified atom stereocenters. The third-order valence-electron chi connectivity index (χ3n) is 2.83. The van der Waals surface area contributed by atoms with E-state index in [1.54, 1.807) is 18.8 Å². The summed E-state index contributed by atoms with van der Waals surface area (Å²) in [6.07, 6.45) is 1.81. The van der Waals surface area contributed by atoms with Crippen LogP contribution in [-0.2, 0) is 7.05 Å². The first kappa shape index (κ1) is 13.1. The van der Waals surface area contributed by atoms with Gasteiger partial charge in [0.05, 0.1) is 12.8 Å². The average molecular weight is 259 g/mol. The number of carbonyl (C=O) groups is 1. The molecule has 1 N–H and O–H groups in total. The van der Waals surface area contributed by atoms with Crippen LogP contribution in [0.3, 0.4) is 0 Å². The van der Waals surface area contributed by atoms with E-state index in [1.165, 1.54) is 0 Å². The molecule has 19 heavy (non-hydrogen) atoms.